The number of nitrogens with zero attached hydrogens (tertiary/aromatic N) is 4. The second-order valence-electron chi connectivity index (χ2n) is 5.81. The number of unbranched alkanes of at least 4 members (excludes halogenated alkanes) is 1. The predicted molar refractivity (Wildman–Crippen MR) is 85.4 cm³/mol. The van der Waals surface area contributed by atoms with Crippen molar-refractivity contribution in [1.29, 1.82) is 0 Å². The van der Waals surface area contributed by atoms with Gasteiger partial charge in [0.2, 0.25) is 0 Å². The molecule has 1 atom stereocenters. The van der Waals surface area contributed by atoms with Crippen molar-refractivity contribution in [3.05, 3.63) is 27.2 Å². The van der Waals surface area contributed by atoms with E-state index in [1.807, 2.05) is 11.5 Å². The number of fused-ring (bicyclic) bond motifs is 1. The fraction of sp³-hybridized carbons (Fsp3) is 0.667. The topological polar surface area (TPSA) is 73.8 Å². The molecule has 7 heteroatoms. The molecule has 0 amide bonds. The van der Waals surface area contributed by atoms with E-state index in [1.54, 1.807) is 10.9 Å². The van der Waals surface area contributed by atoms with Gasteiger partial charge in [-0.05, 0) is 26.3 Å². The second kappa shape index (κ2) is 6.08. The van der Waals surface area contributed by atoms with E-state index in [2.05, 4.69) is 17.2 Å². The Bertz CT molecular complexity index is 780. The van der Waals surface area contributed by atoms with Gasteiger partial charge in [0.05, 0.1) is 6.33 Å². The maximum Gasteiger partial charge on any atom is 0.332 e. The third-order valence-electron chi connectivity index (χ3n) is 4.42. The van der Waals surface area contributed by atoms with E-state index in [0.29, 0.717) is 24.3 Å². The maximum absolute atomic E-state index is 12.7. The zero-order chi connectivity index (χ0) is 15.7. The molecule has 1 aliphatic rings. The van der Waals surface area contributed by atoms with Crippen LogP contribution in [0.2, 0.25) is 0 Å². The molecule has 0 radical (unpaired) electrons. The molecule has 1 N–H and O–H groups in total. The van der Waals surface area contributed by atoms with Crippen LogP contribution in [0, 0.1) is 0 Å². The van der Waals surface area contributed by atoms with Crippen molar-refractivity contribution in [1.82, 2.24) is 24.0 Å². The first-order chi connectivity index (χ1) is 10.7. The Morgan fingerprint density at radius 1 is 1.32 bits per heavy atom. The van der Waals surface area contributed by atoms with Gasteiger partial charge >= 0.3 is 5.69 Å². The SMILES string of the molecule is CCCCn1c(=O)n(CC)c(=O)c2c1ncn2C1CCNC1. The van der Waals surface area contributed by atoms with Gasteiger partial charge in [0, 0.05) is 25.7 Å². The first kappa shape index (κ1) is 15.0. The van der Waals surface area contributed by atoms with Crippen LogP contribution in [0.4, 0.5) is 0 Å². The molecule has 0 saturated carbocycles. The minimum atomic E-state index is -0.247. The number of imidazole rings is 1. The summed E-state index contributed by atoms with van der Waals surface area (Å²) in [6, 6.07) is 0.236. The molecule has 1 unspecified atom stereocenters. The van der Waals surface area contributed by atoms with Crippen LogP contribution in [0.25, 0.3) is 11.2 Å². The van der Waals surface area contributed by atoms with Crippen LogP contribution < -0.4 is 16.6 Å². The molecule has 1 saturated heterocycles. The van der Waals surface area contributed by atoms with Gasteiger partial charge in [-0.2, -0.15) is 0 Å². The van der Waals surface area contributed by atoms with Gasteiger partial charge in [-0.15, -0.1) is 0 Å². The highest BCUT2D eigenvalue weighted by Crippen LogP contribution is 2.19. The minimum absolute atomic E-state index is 0.223. The highest BCUT2D eigenvalue weighted by Gasteiger charge is 2.23. The standard InChI is InChI=1S/C15H23N5O2/c1-3-5-8-19-13-12(14(21)18(4-2)15(19)22)20(10-17-13)11-6-7-16-9-11/h10-11,16H,3-9H2,1-2H3. The molecular formula is C15H23N5O2. The summed E-state index contributed by atoms with van der Waals surface area (Å²) >= 11 is 0. The molecule has 1 aliphatic heterocycles. The molecule has 0 bridgehead atoms. The molecule has 3 heterocycles. The van der Waals surface area contributed by atoms with E-state index in [0.717, 1.165) is 32.4 Å². The number of aryl methyl sites for hydroxylation is 1. The molecule has 1 fully saturated rings. The number of nitrogens with one attached hydrogen (secondary N) is 1. The third kappa shape index (κ3) is 2.29. The summed E-state index contributed by atoms with van der Waals surface area (Å²) in [5.74, 6) is 0. The lowest BCUT2D eigenvalue weighted by Gasteiger charge is -2.14. The summed E-state index contributed by atoms with van der Waals surface area (Å²) in [4.78, 5) is 29.6. The Kier molecular flexibility index (Phi) is 4.15. The monoisotopic (exact) mass is 305 g/mol. The maximum atomic E-state index is 12.7. The normalized spacial score (nSPS) is 18.4. The summed E-state index contributed by atoms with van der Waals surface area (Å²) in [5.41, 5.74) is 0.620. The van der Waals surface area contributed by atoms with E-state index < -0.39 is 0 Å². The third-order valence-corrected chi connectivity index (χ3v) is 4.42. The summed E-state index contributed by atoms with van der Waals surface area (Å²) < 4.78 is 4.92. The van der Waals surface area contributed by atoms with Crippen molar-refractivity contribution in [2.45, 2.75) is 52.2 Å². The summed E-state index contributed by atoms with van der Waals surface area (Å²) in [7, 11) is 0. The van der Waals surface area contributed by atoms with Crippen LogP contribution >= 0.6 is 0 Å². The molecule has 120 valence electrons. The smallest absolute Gasteiger partial charge is 0.320 e. The predicted octanol–water partition coefficient (Wildman–Crippen LogP) is 0.714. The number of aromatic nitrogens is 4. The quantitative estimate of drug-likeness (QED) is 0.883. The van der Waals surface area contributed by atoms with Crippen molar-refractivity contribution in [2.75, 3.05) is 13.1 Å². The second-order valence-corrected chi connectivity index (χ2v) is 5.81. The van der Waals surface area contributed by atoms with E-state index >= 15 is 0 Å². The summed E-state index contributed by atoms with van der Waals surface area (Å²) in [5, 5.41) is 3.31. The first-order valence-corrected chi connectivity index (χ1v) is 8.09. The van der Waals surface area contributed by atoms with Gasteiger partial charge in [-0.3, -0.25) is 13.9 Å². The van der Waals surface area contributed by atoms with Crippen LogP contribution in [0.15, 0.2) is 15.9 Å². The lowest BCUT2D eigenvalue weighted by Crippen LogP contribution is -2.40. The lowest BCUT2D eigenvalue weighted by molar-refractivity contribution is 0.544. The van der Waals surface area contributed by atoms with Crippen LogP contribution in [-0.4, -0.2) is 31.8 Å². The van der Waals surface area contributed by atoms with Crippen LogP contribution in [-0.2, 0) is 13.1 Å². The lowest BCUT2D eigenvalue weighted by atomic mass is 10.2. The van der Waals surface area contributed by atoms with Gasteiger partial charge in [0.25, 0.3) is 5.56 Å². The molecule has 0 spiro atoms. The van der Waals surface area contributed by atoms with Gasteiger partial charge < -0.3 is 9.88 Å². The van der Waals surface area contributed by atoms with Crippen LogP contribution in [0.3, 0.4) is 0 Å². The van der Waals surface area contributed by atoms with Crippen LogP contribution in [0.5, 0.6) is 0 Å². The zero-order valence-corrected chi connectivity index (χ0v) is 13.2. The highest BCUT2D eigenvalue weighted by atomic mass is 16.2. The fourth-order valence-electron chi connectivity index (χ4n) is 3.16. The Labute approximate surface area is 128 Å². The van der Waals surface area contributed by atoms with Crippen molar-refractivity contribution >= 4 is 11.2 Å². The molecule has 3 rings (SSSR count). The Morgan fingerprint density at radius 3 is 2.77 bits per heavy atom. The van der Waals surface area contributed by atoms with E-state index in [9.17, 15) is 9.59 Å². The number of hydrogen-bond acceptors (Lipinski definition) is 4. The Morgan fingerprint density at radius 2 is 2.14 bits per heavy atom. The molecular weight excluding hydrogens is 282 g/mol. The van der Waals surface area contributed by atoms with Gasteiger partial charge in [0.1, 0.15) is 0 Å². The first-order valence-electron chi connectivity index (χ1n) is 8.09. The average Bonchev–Trinajstić information content (AvgIpc) is 3.16. The van der Waals surface area contributed by atoms with Crippen molar-refractivity contribution in [3.8, 4) is 0 Å². The molecule has 0 aliphatic carbocycles. The number of rotatable bonds is 5. The van der Waals surface area contributed by atoms with Crippen molar-refractivity contribution < 1.29 is 0 Å². The summed E-state index contributed by atoms with van der Waals surface area (Å²) in [6.07, 6.45) is 4.58. The van der Waals surface area contributed by atoms with E-state index in [4.69, 9.17) is 0 Å². The zero-order valence-electron chi connectivity index (χ0n) is 13.2. The molecule has 2 aromatic heterocycles. The van der Waals surface area contributed by atoms with E-state index in [-0.39, 0.29) is 17.3 Å². The van der Waals surface area contributed by atoms with Crippen molar-refractivity contribution in [3.63, 3.8) is 0 Å². The van der Waals surface area contributed by atoms with E-state index in [1.165, 1.54) is 4.57 Å². The van der Waals surface area contributed by atoms with Crippen LogP contribution in [0.1, 0.15) is 39.2 Å². The van der Waals surface area contributed by atoms with Gasteiger partial charge in [-0.25, -0.2) is 9.78 Å². The molecule has 2 aromatic rings. The molecule has 0 aromatic carbocycles. The Hall–Kier alpha value is -1.89. The molecule has 22 heavy (non-hydrogen) atoms. The van der Waals surface area contributed by atoms with Gasteiger partial charge in [0.15, 0.2) is 11.2 Å². The minimum Gasteiger partial charge on any atom is -0.320 e. The highest BCUT2D eigenvalue weighted by molar-refractivity contribution is 5.70. The van der Waals surface area contributed by atoms with Gasteiger partial charge in [-0.1, -0.05) is 13.3 Å². The average molecular weight is 305 g/mol. The van der Waals surface area contributed by atoms with Crippen molar-refractivity contribution in [2.24, 2.45) is 0 Å². The number of hydrogen-bond donors (Lipinski definition) is 1. The largest absolute Gasteiger partial charge is 0.332 e. The summed E-state index contributed by atoms with van der Waals surface area (Å²) in [6.45, 7) is 6.68. The fourth-order valence-corrected chi connectivity index (χ4v) is 3.16. The Balaban J connectivity index is 2.26. The molecule has 7 nitrogen and oxygen atoms in total.